The van der Waals surface area contributed by atoms with Gasteiger partial charge in [-0.25, -0.2) is 0 Å². The minimum Gasteiger partial charge on any atom is -0.411 e. The number of halogens is 1. The molecule has 126 valence electrons. The molecule has 0 atom stereocenters. The third kappa shape index (κ3) is 4.12. The predicted molar refractivity (Wildman–Crippen MR) is 102 cm³/mol. The zero-order valence-corrected chi connectivity index (χ0v) is 15.9. The molecule has 7 heteroatoms. The molecule has 0 saturated carbocycles. The van der Waals surface area contributed by atoms with Crippen molar-refractivity contribution in [1.29, 1.82) is 0 Å². The molecule has 2 aromatic heterocycles. The van der Waals surface area contributed by atoms with Gasteiger partial charge < -0.3 is 9.32 Å². The first kappa shape index (κ1) is 17.3. The van der Waals surface area contributed by atoms with Gasteiger partial charge in [0.25, 0.3) is 5.22 Å². The SMILES string of the molecule is CCN(CC)c1ccc(-c2nnc(SCc3ccc(Cl)s3)o2)cc1. The number of benzene rings is 1. The molecule has 0 aliphatic carbocycles. The maximum Gasteiger partial charge on any atom is 0.277 e. The van der Waals surface area contributed by atoms with Crippen molar-refractivity contribution in [3.05, 3.63) is 45.6 Å². The Hall–Kier alpha value is -1.50. The van der Waals surface area contributed by atoms with E-state index in [1.54, 1.807) is 11.3 Å². The number of anilines is 1. The van der Waals surface area contributed by atoms with Crippen molar-refractivity contribution < 1.29 is 4.42 Å². The first-order valence-corrected chi connectivity index (χ1v) is 9.93. The molecule has 3 rings (SSSR count). The zero-order chi connectivity index (χ0) is 16.9. The lowest BCUT2D eigenvalue weighted by Gasteiger charge is -2.20. The van der Waals surface area contributed by atoms with E-state index >= 15 is 0 Å². The van der Waals surface area contributed by atoms with E-state index in [1.165, 1.54) is 22.3 Å². The monoisotopic (exact) mass is 379 g/mol. The molecule has 0 spiro atoms. The van der Waals surface area contributed by atoms with Crippen LogP contribution in [0.1, 0.15) is 18.7 Å². The molecule has 1 aromatic carbocycles. The zero-order valence-electron chi connectivity index (χ0n) is 13.5. The maximum absolute atomic E-state index is 5.94. The van der Waals surface area contributed by atoms with Gasteiger partial charge in [-0.1, -0.05) is 23.4 Å². The van der Waals surface area contributed by atoms with Crippen molar-refractivity contribution in [2.45, 2.75) is 24.8 Å². The Morgan fingerprint density at radius 2 is 1.83 bits per heavy atom. The molecule has 0 bridgehead atoms. The lowest BCUT2D eigenvalue weighted by Crippen LogP contribution is -2.21. The van der Waals surface area contributed by atoms with E-state index in [0.717, 1.165) is 28.7 Å². The van der Waals surface area contributed by atoms with Crippen molar-refractivity contribution in [2.75, 3.05) is 18.0 Å². The van der Waals surface area contributed by atoms with Crippen molar-refractivity contribution >= 4 is 40.4 Å². The van der Waals surface area contributed by atoms with Gasteiger partial charge in [0.15, 0.2) is 0 Å². The molecule has 3 aromatic rings. The summed E-state index contributed by atoms with van der Waals surface area (Å²) in [5, 5.41) is 8.83. The minimum atomic E-state index is 0.549. The van der Waals surface area contributed by atoms with Gasteiger partial charge in [0.05, 0.1) is 4.34 Å². The van der Waals surface area contributed by atoms with Gasteiger partial charge in [0.2, 0.25) is 5.89 Å². The van der Waals surface area contributed by atoms with Crippen LogP contribution in [0, 0.1) is 0 Å². The standard InChI is InChI=1S/C17H18ClN3OS2/c1-3-21(4-2)13-7-5-12(6-8-13)16-19-20-17(22-16)23-11-14-9-10-15(18)24-14/h5-10H,3-4,11H2,1-2H3. The normalized spacial score (nSPS) is 11.0. The average molecular weight is 380 g/mol. The van der Waals surface area contributed by atoms with E-state index in [1.807, 2.05) is 24.3 Å². The van der Waals surface area contributed by atoms with E-state index in [0.29, 0.717) is 11.1 Å². The Morgan fingerprint density at radius 1 is 1.08 bits per heavy atom. The Kier molecular flexibility index (Phi) is 5.81. The fraction of sp³-hybridized carbons (Fsp3) is 0.294. The van der Waals surface area contributed by atoms with Gasteiger partial charge in [-0.3, -0.25) is 0 Å². The minimum absolute atomic E-state index is 0.549. The largest absolute Gasteiger partial charge is 0.411 e. The number of nitrogens with zero attached hydrogens (tertiary/aromatic N) is 3. The molecule has 0 N–H and O–H groups in total. The molecule has 0 saturated heterocycles. The van der Waals surface area contributed by atoms with Crippen LogP contribution in [-0.4, -0.2) is 23.3 Å². The van der Waals surface area contributed by atoms with Crippen LogP contribution in [0.3, 0.4) is 0 Å². The lowest BCUT2D eigenvalue weighted by atomic mass is 10.2. The smallest absolute Gasteiger partial charge is 0.277 e. The molecule has 4 nitrogen and oxygen atoms in total. The van der Waals surface area contributed by atoms with Crippen molar-refractivity contribution in [3.8, 4) is 11.5 Å². The van der Waals surface area contributed by atoms with Gasteiger partial charge in [-0.2, -0.15) is 0 Å². The van der Waals surface area contributed by atoms with Gasteiger partial charge in [-0.15, -0.1) is 21.5 Å². The maximum atomic E-state index is 5.94. The van der Waals surface area contributed by atoms with Crippen molar-refractivity contribution in [3.63, 3.8) is 0 Å². The highest BCUT2D eigenvalue weighted by Gasteiger charge is 2.11. The van der Waals surface area contributed by atoms with E-state index in [9.17, 15) is 0 Å². The van der Waals surface area contributed by atoms with Crippen LogP contribution in [0.4, 0.5) is 5.69 Å². The summed E-state index contributed by atoms with van der Waals surface area (Å²) in [6.45, 7) is 6.28. The number of rotatable bonds is 7. The molecular weight excluding hydrogens is 362 g/mol. The molecule has 0 fully saturated rings. The van der Waals surface area contributed by atoms with Crippen LogP contribution in [0.5, 0.6) is 0 Å². The summed E-state index contributed by atoms with van der Waals surface area (Å²) in [5.74, 6) is 1.33. The number of aromatic nitrogens is 2. The molecule has 0 radical (unpaired) electrons. The summed E-state index contributed by atoms with van der Waals surface area (Å²) in [6, 6.07) is 12.1. The second-order valence-corrected chi connectivity index (χ2v) is 7.81. The van der Waals surface area contributed by atoms with E-state index in [4.69, 9.17) is 16.0 Å². The topological polar surface area (TPSA) is 42.2 Å². The molecule has 0 aliphatic rings. The summed E-state index contributed by atoms with van der Waals surface area (Å²) in [5.41, 5.74) is 2.14. The quantitative estimate of drug-likeness (QED) is 0.500. The van der Waals surface area contributed by atoms with E-state index in [-0.39, 0.29) is 0 Å². The van der Waals surface area contributed by atoms with E-state index < -0.39 is 0 Å². The highest BCUT2D eigenvalue weighted by atomic mass is 35.5. The van der Waals surface area contributed by atoms with Crippen LogP contribution < -0.4 is 4.90 Å². The summed E-state index contributed by atoms with van der Waals surface area (Å²) >= 11 is 9.03. The highest BCUT2D eigenvalue weighted by molar-refractivity contribution is 7.98. The van der Waals surface area contributed by atoms with Crippen molar-refractivity contribution in [2.24, 2.45) is 0 Å². The third-order valence-corrected chi connectivity index (χ3v) is 5.90. The molecule has 2 heterocycles. The lowest BCUT2D eigenvalue weighted by molar-refractivity contribution is 0.466. The third-order valence-electron chi connectivity index (χ3n) is 3.62. The molecule has 0 unspecified atom stereocenters. The first-order valence-electron chi connectivity index (χ1n) is 7.75. The van der Waals surface area contributed by atoms with Crippen LogP contribution in [0.15, 0.2) is 46.0 Å². The van der Waals surface area contributed by atoms with Gasteiger partial charge in [-0.05, 0) is 50.2 Å². The fourth-order valence-electron chi connectivity index (χ4n) is 2.35. The second-order valence-electron chi connectivity index (χ2n) is 5.09. The summed E-state index contributed by atoms with van der Waals surface area (Å²) in [4.78, 5) is 3.48. The Balaban J connectivity index is 1.66. The first-order chi connectivity index (χ1) is 11.7. The average Bonchev–Trinajstić information content (AvgIpc) is 3.24. The van der Waals surface area contributed by atoms with Crippen molar-refractivity contribution in [1.82, 2.24) is 10.2 Å². The summed E-state index contributed by atoms with van der Waals surface area (Å²) in [7, 11) is 0. The number of thioether (sulfide) groups is 1. The number of thiophene rings is 1. The van der Waals surface area contributed by atoms with Gasteiger partial charge in [0.1, 0.15) is 0 Å². The van der Waals surface area contributed by atoms with Crippen LogP contribution in [0.25, 0.3) is 11.5 Å². The molecular formula is C17H18ClN3OS2. The Morgan fingerprint density at radius 3 is 2.46 bits per heavy atom. The van der Waals surface area contributed by atoms with Crippen LogP contribution in [-0.2, 0) is 5.75 Å². The summed E-state index contributed by atoms with van der Waals surface area (Å²) < 4.78 is 6.55. The molecule has 0 amide bonds. The summed E-state index contributed by atoms with van der Waals surface area (Å²) in [6.07, 6.45) is 0. The van der Waals surface area contributed by atoms with Gasteiger partial charge >= 0.3 is 0 Å². The molecule has 0 aliphatic heterocycles. The van der Waals surface area contributed by atoms with Crippen LogP contribution in [0.2, 0.25) is 4.34 Å². The van der Waals surface area contributed by atoms with Crippen LogP contribution >= 0.6 is 34.7 Å². The second kappa shape index (κ2) is 8.05. The Labute approximate surface area is 154 Å². The molecule has 24 heavy (non-hydrogen) atoms. The number of hydrogen-bond donors (Lipinski definition) is 0. The number of hydrogen-bond acceptors (Lipinski definition) is 6. The Bertz CT molecular complexity index is 781. The van der Waals surface area contributed by atoms with Gasteiger partial charge in [0, 0.05) is 35.0 Å². The van der Waals surface area contributed by atoms with E-state index in [2.05, 4.69) is 41.1 Å². The fourth-order valence-corrected chi connectivity index (χ4v) is 4.24. The highest BCUT2D eigenvalue weighted by Crippen LogP contribution is 2.30. The predicted octanol–water partition coefficient (Wildman–Crippen LogP) is 5.59.